The number of halogens is 2. The first kappa shape index (κ1) is 14.5. The lowest BCUT2D eigenvalue weighted by Gasteiger charge is -2.04. The summed E-state index contributed by atoms with van der Waals surface area (Å²) < 4.78 is 14.9. The smallest absolute Gasteiger partial charge is 0.340 e. The Kier molecular flexibility index (Phi) is 4.09. The van der Waals surface area contributed by atoms with Gasteiger partial charge < -0.3 is 5.11 Å². The number of carboxylic acids is 1. The number of nitrogens with zero attached hydrogens (tertiary/aromatic N) is 2. The van der Waals surface area contributed by atoms with Crippen LogP contribution in [0.4, 0.5) is 4.39 Å². The van der Waals surface area contributed by atoms with Crippen LogP contribution >= 0.6 is 11.6 Å². The van der Waals surface area contributed by atoms with E-state index in [1.807, 2.05) is 13.8 Å². The second-order valence-electron chi connectivity index (χ2n) is 4.88. The maximum atomic E-state index is 13.8. The van der Waals surface area contributed by atoms with Crippen molar-refractivity contribution in [2.45, 2.75) is 20.3 Å². The molecule has 2 rings (SSSR count). The van der Waals surface area contributed by atoms with Gasteiger partial charge in [0.2, 0.25) is 0 Å². The highest BCUT2D eigenvalue weighted by molar-refractivity contribution is 6.33. The Morgan fingerprint density at radius 1 is 1.45 bits per heavy atom. The summed E-state index contributed by atoms with van der Waals surface area (Å²) in [5.41, 5.74) is 0.430. The molecule has 4 nitrogen and oxygen atoms in total. The van der Waals surface area contributed by atoms with E-state index in [0.717, 1.165) is 4.68 Å². The van der Waals surface area contributed by atoms with E-state index in [1.165, 1.54) is 12.1 Å². The van der Waals surface area contributed by atoms with Crippen LogP contribution in [0.25, 0.3) is 5.69 Å². The van der Waals surface area contributed by atoms with Crippen molar-refractivity contribution < 1.29 is 14.3 Å². The van der Waals surface area contributed by atoms with Crippen molar-refractivity contribution in [3.05, 3.63) is 46.5 Å². The van der Waals surface area contributed by atoms with Crippen LogP contribution in [0.3, 0.4) is 0 Å². The van der Waals surface area contributed by atoms with E-state index in [-0.39, 0.29) is 22.3 Å². The van der Waals surface area contributed by atoms with E-state index < -0.39 is 11.8 Å². The minimum atomic E-state index is -1.16. The SMILES string of the molecule is CC(C)Cc1nn(-c2ccccc2F)c(Cl)c1C(=O)O. The molecule has 0 unspecified atom stereocenters. The van der Waals surface area contributed by atoms with Crippen molar-refractivity contribution in [1.29, 1.82) is 0 Å². The predicted molar refractivity (Wildman–Crippen MR) is 74.0 cm³/mol. The van der Waals surface area contributed by atoms with Gasteiger partial charge >= 0.3 is 5.97 Å². The van der Waals surface area contributed by atoms with Crippen LogP contribution in [-0.4, -0.2) is 20.9 Å². The summed E-state index contributed by atoms with van der Waals surface area (Å²) in [5.74, 6) is -1.45. The number of aromatic nitrogens is 2. The fourth-order valence-corrected chi connectivity index (χ4v) is 2.28. The van der Waals surface area contributed by atoms with E-state index in [4.69, 9.17) is 11.6 Å². The first-order valence-corrected chi connectivity index (χ1v) is 6.55. The highest BCUT2D eigenvalue weighted by Crippen LogP contribution is 2.26. The molecule has 0 aliphatic rings. The van der Waals surface area contributed by atoms with Crippen LogP contribution in [0, 0.1) is 11.7 Å². The molecule has 1 aromatic heterocycles. The van der Waals surface area contributed by atoms with Crippen LogP contribution in [0.1, 0.15) is 29.9 Å². The molecule has 0 saturated carbocycles. The average molecular weight is 297 g/mol. The summed E-state index contributed by atoms with van der Waals surface area (Å²) in [6.45, 7) is 3.89. The summed E-state index contributed by atoms with van der Waals surface area (Å²) >= 11 is 6.07. The molecule has 0 fully saturated rings. The Morgan fingerprint density at radius 2 is 2.10 bits per heavy atom. The molecular weight excluding hydrogens is 283 g/mol. The summed E-state index contributed by atoms with van der Waals surface area (Å²) in [5, 5.41) is 13.3. The van der Waals surface area contributed by atoms with Crippen molar-refractivity contribution in [2.24, 2.45) is 5.92 Å². The molecule has 1 N–H and O–H groups in total. The maximum absolute atomic E-state index is 13.8. The molecule has 106 valence electrons. The van der Waals surface area contributed by atoms with Gasteiger partial charge in [-0.25, -0.2) is 13.9 Å². The summed E-state index contributed by atoms with van der Waals surface area (Å²) in [6.07, 6.45) is 0.461. The van der Waals surface area contributed by atoms with Gasteiger partial charge in [-0.15, -0.1) is 0 Å². The second-order valence-corrected chi connectivity index (χ2v) is 5.24. The minimum absolute atomic E-state index is 0.0661. The normalized spacial score (nSPS) is 11.1. The zero-order chi connectivity index (χ0) is 14.9. The molecule has 2 aromatic rings. The van der Waals surface area contributed by atoms with Crippen LogP contribution in [-0.2, 0) is 6.42 Å². The fraction of sp³-hybridized carbons (Fsp3) is 0.286. The van der Waals surface area contributed by atoms with Crippen molar-refractivity contribution in [3.8, 4) is 5.69 Å². The minimum Gasteiger partial charge on any atom is -0.478 e. The highest BCUT2D eigenvalue weighted by atomic mass is 35.5. The van der Waals surface area contributed by atoms with Crippen LogP contribution in [0.2, 0.25) is 5.15 Å². The number of benzene rings is 1. The lowest BCUT2D eigenvalue weighted by Crippen LogP contribution is -2.03. The van der Waals surface area contributed by atoms with E-state index in [0.29, 0.717) is 12.1 Å². The third-order valence-electron chi connectivity index (χ3n) is 2.80. The Balaban J connectivity index is 2.61. The van der Waals surface area contributed by atoms with Crippen LogP contribution in [0.15, 0.2) is 24.3 Å². The monoisotopic (exact) mass is 296 g/mol. The first-order chi connectivity index (χ1) is 9.41. The molecule has 0 aliphatic carbocycles. The third-order valence-corrected chi connectivity index (χ3v) is 3.15. The van der Waals surface area contributed by atoms with Gasteiger partial charge in [-0.3, -0.25) is 0 Å². The Hall–Kier alpha value is -1.88. The number of hydrogen-bond acceptors (Lipinski definition) is 2. The van der Waals surface area contributed by atoms with Crippen LogP contribution in [0.5, 0.6) is 0 Å². The summed E-state index contributed by atoms with van der Waals surface area (Å²) in [6, 6.07) is 5.96. The predicted octanol–water partition coefficient (Wildman–Crippen LogP) is 3.56. The molecule has 0 aliphatic heterocycles. The van der Waals surface area contributed by atoms with Crippen LogP contribution < -0.4 is 0 Å². The zero-order valence-electron chi connectivity index (χ0n) is 11.1. The largest absolute Gasteiger partial charge is 0.478 e. The topological polar surface area (TPSA) is 55.1 Å². The van der Waals surface area contributed by atoms with E-state index in [9.17, 15) is 14.3 Å². The van der Waals surface area contributed by atoms with Gasteiger partial charge in [-0.2, -0.15) is 5.10 Å². The van der Waals surface area contributed by atoms with Crippen molar-refractivity contribution >= 4 is 17.6 Å². The van der Waals surface area contributed by atoms with Crippen molar-refractivity contribution in [2.75, 3.05) is 0 Å². The van der Waals surface area contributed by atoms with E-state index >= 15 is 0 Å². The molecule has 0 atom stereocenters. The van der Waals surface area contributed by atoms with Gasteiger partial charge in [-0.1, -0.05) is 37.6 Å². The molecule has 1 aromatic carbocycles. The van der Waals surface area contributed by atoms with E-state index in [1.54, 1.807) is 12.1 Å². The molecule has 0 spiro atoms. The number of para-hydroxylation sites is 1. The summed E-state index contributed by atoms with van der Waals surface area (Å²) in [4.78, 5) is 11.3. The van der Waals surface area contributed by atoms with Crippen molar-refractivity contribution in [3.63, 3.8) is 0 Å². The number of rotatable bonds is 4. The van der Waals surface area contributed by atoms with Gasteiger partial charge in [0.15, 0.2) is 0 Å². The molecule has 0 radical (unpaired) electrons. The third kappa shape index (κ3) is 2.67. The molecule has 1 heterocycles. The molecule has 6 heteroatoms. The van der Waals surface area contributed by atoms with Gasteiger partial charge in [0.25, 0.3) is 0 Å². The number of hydrogen-bond donors (Lipinski definition) is 1. The molecule has 0 bridgehead atoms. The summed E-state index contributed by atoms with van der Waals surface area (Å²) in [7, 11) is 0. The Labute approximate surface area is 120 Å². The Bertz CT molecular complexity index is 653. The second kappa shape index (κ2) is 5.63. The molecule has 0 amide bonds. The van der Waals surface area contributed by atoms with Gasteiger partial charge in [0.05, 0.1) is 5.69 Å². The average Bonchev–Trinajstić information content (AvgIpc) is 2.66. The first-order valence-electron chi connectivity index (χ1n) is 6.17. The number of carbonyl (C=O) groups is 1. The molecule has 0 saturated heterocycles. The van der Waals surface area contributed by atoms with Gasteiger partial charge in [0, 0.05) is 0 Å². The Morgan fingerprint density at radius 3 is 2.65 bits per heavy atom. The standard InChI is InChI=1S/C14H14ClFN2O2/c1-8(2)7-10-12(14(19)20)13(15)18(17-10)11-6-4-3-5-9(11)16/h3-6,8H,7H2,1-2H3,(H,19,20). The van der Waals surface area contributed by atoms with E-state index in [2.05, 4.69) is 5.10 Å². The number of aromatic carboxylic acids is 1. The highest BCUT2D eigenvalue weighted by Gasteiger charge is 2.24. The fourth-order valence-electron chi connectivity index (χ4n) is 1.96. The maximum Gasteiger partial charge on any atom is 0.340 e. The lowest BCUT2D eigenvalue weighted by molar-refractivity contribution is 0.0695. The van der Waals surface area contributed by atoms with Gasteiger partial charge in [-0.05, 0) is 24.5 Å². The number of carboxylic acid groups (broad SMARTS) is 1. The quantitative estimate of drug-likeness (QED) is 0.938. The van der Waals surface area contributed by atoms with Gasteiger partial charge in [0.1, 0.15) is 22.2 Å². The molecular formula is C14H14ClFN2O2. The van der Waals surface area contributed by atoms with Crippen molar-refractivity contribution in [1.82, 2.24) is 9.78 Å². The zero-order valence-corrected chi connectivity index (χ0v) is 11.9. The lowest BCUT2D eigenvalue weighted by atomic mass is 10.1. The molecule has 20 heavy (non-hydrogen) atoms.